The molecule has 1 atom stereocenters. The van der Waals surface area contributed by atoms with E-state index in [1.165, 1.54) is 11.1 Å². The first-order valence-electron chi connectivity index (χ1n) is 12.7. The Labute approximate surface area is 249 Å². The van der Waals surface area contributed by atoms with Crippen LogP contribution >= 0.6 is 21.6 Å². The summed E-state index contributed by atoms with van der Waals surface area (Å²) in [5, 5.41) is 20.1. The average Bonchev–Trinajstić information content (AvgIpc) is 2.57. The molecule has 0 aromatic heterocycles. The minimum absolute atomic E-state index is 0. The van der Waals surface area contributed by atoms with Gasteiger partial charge in [-0.2, -0.15) is 0 Å². The standard InChI is InChI=1S/2C14H22O.C4H11P.ClH.Cr/c2*1-13(2,3)10-7-8-12(15)11(9-10)14(4,5)6;1-4(2,3)5;;/h2*7-9,15H,1-6H3;5H2,1-3H3;1H;. The molecule has 0 aliphatic rings. The van der Waals surface area contributed by atoms with Crippen molar-refractivity contribution >= 4 is 21.6 Å². The van der Waals surface area contributed by atoms with Crippen molar-refractivity contribution in [1.82, 2.24) is 0 Å². The van der Waals surface area contributed by atoms with Gasteiger partial charge in [0.15, 0.2) is 0 Å². The van der Waals surface area contributed by atoms with E-state index in [1.807, 2.05) is 12.1 Å². The van der Waals surface area contributed by atoms with Crippen LogP contribution in [0.3, 0.4) is 0 Å². The molecule has 0 spiro atoms. The molecule has 2 N–H and O–H groups in total. The van der Waals surface area contributed by atoms with Crippen molar-refractivity contribution in [3.05, 3.63) is 58.7 Å². The van der Waals surface area contributed by atoms with Crippen molar-refractivity contribution in [2.24, 2.45) is 0 Å². The molecule has 0 bridgehead atoms. The van der Waals surface area contributed by atoms with Gasteiger partial charge in [-0.05, 0) is 61.2 Å². The summed E-state index contributed by atoms with van der Waals surface area (Å²) < 4.78 is 0. The van der Waals surface area contributed by atoms with Crippen LogP contribution in [-0.2, 0) is 39.0 Å². The topological polar surface area (TPSA) is 40.5 Å². The molecule has 0 amide bonds. The Morgan fingerprint density at radius 2 is 0.703 bits per heavy atom. The first kappa shape index (κ1) is 40.8. The number of hydrogen-bond donors (Lipinski definition) is 2. The van der Waals surface area contributed by atoms with E-state index in [2.05, 4.69) is 125 Å². The van der Waals surface area contributed by atoms with Gasteiger partial charge in [0, 0.05) is 17.4 Å². The maximum atomic E-state index is 9.84. The molecular weight excluding hydrogens is 535 g/mol. The smallest absolute Gasteiger partial charge is 0.119 e. The SMILES string of the molecule is CC(C)(C)P.CC(C)(C)c1ccc(O)c(C(C)(C)C)c1.CC(C)(C)c1ccc(O)c(C(C)(C)C)c1.Cl.[Cr]. The van der Waals surface area contributed by atoms with Crippen molar-refractivity contribution < 1.29 is 27.6 Å². The van der Waals surface area contributed by atoms with E-state index in [9.17, 15) is 10.2 Å². The Morgan fingerprint density at radius 1 is 0.486 bits per heavy atom. The van der Waals surface area contributed by atoms with Gasteiger partial charge in [-0.3, -0.25) is 0 Å². The van der Waals surface area contributed by atoms with Crippen molar-refractivity contribution in [3.8, 4) is 11.5 Å². The Kier molecular flexibility index (Phi) is 16.1. The average molecular weight is 591 g/mol. The number of phenolic OH excluding ortho intramolecular Hbond substituents is 2. The Hall–Kier alpha value is -0.708. The molecule has 214 valence electrons. The Balaban J connectivity index is -0.000000506. The summed E-state index contributed by atoms with van der Waals surface area (Å²) in [7, 11) is 2.72. The van der Waals surface area contributed by atoms with E-state index in [1.54, 1.807) is 12.1 Å². The molecule has 2 nitrogen and oxygen atoms in total. The molecule has 0 heterocycles. The predicted molar refractivity (Wildman–Crippen MR) is 168 cm³/mol. The van der Waals surface area contributed by atoms with E-state index in [0.717, 1.165) is 11.1 Å². The molecule has 0 fully saturated rings. The predicted octanol–water partition coefficient (Wildman–Crippen LogP) is 10.1. The van der Waals surface area contributed by atoms with E-state index >= 15 is 0 Å². The van der Waals surface area contributed by atoms with Crippen LogP contribution in [-0.4, -0.2) is 15.4 Å². The second-order valence-electron chi connectivity index (χ2n) is 14.8. The molecule has 2 aromatic rings. The molecule has 1 unspecified atom stereocenters. The summed E-state index contributed by atoms with van der Waals surface area (Å²) in [4.78, 5) is 0. The van der Waals surface area contributed by atoms with Gasteiger partial charge in [0.2, 0.25) is 0 Å². The largest absolute Gasteiger partial charge is 0.508 e. The minimum atomic E-state index is -0.00859. The fourth-order valence-corrected chi connectivity index (χ4v) is 3.21. The first-order chi connectivity index (χ1) is 15.2. The van der Waals surface area contributed by atoms with Crippen LogP contribution in [0.2, 0.25) is 0 Å². The molecule has 5 heteroatoms. The first-order valence-corrected chi connectivity index (χ1v) is 13.3. The summed E-state index contributed by atoms with van der Waals surface area (Å²) in [6.45, 7) is 32.3. The molecule has 2 aromatic carbocycles. The zero-order valence-corrected chi connectivity index (χ0v) is 29.5. The van der Waals surface area contributed by atoms with Crippen molar-refractivity contribution in [1.29, 1.82) is 0 Å². The van der Waals surface area contributed by atoms with Crippen LogP contribution in [0, 0.1) is 0 Å². The zero-order chi connectivity index (χ0) is 28.2. The molecule has 0 saturated heterocycles. The van der Waals surface area contributed by atoms with Crippen LogP contribution in [0.15, 0.2) is 36.4 Å². The molecule has 0 saturated carbocycles. The van der Waals surface area contributed by atoms with Gasteiger partial charge in [0.1, 0.15) is 11.5 Å². The number of benzene rings is 2. The van der Waals surface area contributed by atoms with Gasteiger partial charge >= 0.3 is 0 Å². The van der Waals surface area contributed by atoms with Gasteiger partial charge < -0.3 is 10.2 Å². The van der Waals surface area contributed by atoms with E-state index < -0.39 is 0 Å². The van der Waals surface area contributed by atoms with Gasteiger partial charge in [-0.15, -0.1) is 21.6 Å². The molecule has 37 heavy (non-hydrogen) atoms. The molecule has 0 aliphatic heterocycles. The van der Waals surface area contributed by atoms with Crippen LogP contribution < -0.4 is 0 Å². The number of phenols is 2. The van der Waals surface area contributed by atoms with Gasteiger partial charge in [-0.1, -0.05) is 128 Å². The third kappa shape index (κ3) is 16.1. The van der Waals surface area contributed by atoms with Gasteiger partial charge in [0.05, 0.1) is 0 Å². The van der Waals surface area contributed by atoms with E-state index in [-0.39, 0.29) is 51.4 Å². The third-order valence-electron chi connectivity index (χ3n) is 5.34. The summed E-state index contributed by atoms with van der Waals surface area (Å²) in [5.74, 6) is 0.797. The zero-order valence-electron chi connectivity index (χ0n) is 26.3. The van der Waals surface area contributed by atoms with Crippen molar-refractivity contribution in [2.75, 3.05) is 0 Å². The van der Waals surface area contributed by atoms with Crippen LogP contribution in [0.5, 0.6) is 11.5 Å². The fourth-order valence-electron chi connectivity index (χ4n) is 3.21. The second kappa shape index (κ2) is 14.6. The Bertz CT molecular complexity index is 872. The van der Waals surface area contributed by atoms with Crippen molar-refractivity contribution in [2.45, 2.75) is 131 Å². The minimum Gasteiger partial charge on any atom is -0.508 e. The van der Waals surface area contributed by atoms with Crippen LogP contribution in [0.1, 0.15) is 126 Å². The van der Waals surface area contributed by atoms with Crippen molar-refractivity contribution in [3.63, 3.8) is 0 Å². The van der Waals surface area contributed by atoms with E-state index in [0.29, 0.717) is 16.7 Å². The number of aromatic hydroxyl groups is 2. The van der Waals surface area contributed by atoms with Crippen LogP contribution in [0.25, 0.3) is 0 Å². The number of rotatable bonds is 0. The van der Waals surface area contributed by atoms with Gasteiger partial charge in [0.25, 0.3) is 0 Å². The summed E-state index contributed by atoms with van der Waals surface area (Å²) in [6, 6.07) is 11.9. The maximum Gasteiger partial charge on any atom is 0.119 e. The molecule has 2 rings (SSSR count). The third-order valence-corrected chi connectivity index (χ3v) is 5.34. The fraction of sp³-hybridized carbons (Fsp3) is 0.625. The summed E-state index contributed by atoms with van der Waals surface area (Å²) in [6.07, 6.45) is 0. The quantitative estimate of drug-likeness (QED) is 0.300. The van der Waals surface area contributed by atoms with E-state index in [4.69, 9.17) is 0 Å². The monoisotopic (exact) mass is 590 g/mol. The van der Waals surface area contributed by atoms with Crippen LogP contribution in [0.4, 0.5) is 0 Å². The van der Waals surface area contributed by atoms with Gasteiger partial charge in [-0.25, -0.2) is 0 Å². The number of hydrogen-bond acceptors (Lipinski definition) is 2. The Morgan fingerprint density at radius 3 is 0.865 bits per heavy atom. The molecular formula is C32H56ClCrO2P. The number of halogens is 1. The maximum absolute atomic E-state index is 9.84. The second-order valence-corrected chi connectivity index (χ2v) is 16.6. The summed E-state index contributed by atoms with van der Waals surface area (Å²) >= 11 is 0. The molecule has 0 aliphatic carbocycles. The summed E-state index contributed by atoms with van der Waals surface area (Å²) in [5.41, 5.74) is 4.83. The molecule has 0 radical (unpaired) electrons. The normalized spacial score (nSPS) is 12.1.